The van der Waals surface area contributed by atoms with Crippen molar-refractivity contribution in [2.24, 2.45) is 5.92 Å². The van der Waals surface area contributed by atoms with Crippen molar-refractivity contribution in [1.82, 2.24) is 5.01 Å². The molecule has 2 aliphatic rings. The van der Waals surface area contributed by atoms with Gasteiger partial charge in [-0.3, -0.25) is 14.4 Å². The molecule has 2 aromatic rings. The Bertz CT molecular complexity index is 977. The fraction of sp³-hybridized carbons (Fsp3) is 0.348. The van der Waals surface area contributed by atoms with Crippen molar-refractivity contribution in [3.63, 3.8) is 0 Å². The zero-order valence-corrected chi connectivity index (χ0v) is 16.8. The van der Waals surface area contributed by atoms with Gasteiger partial charge >= 0.3 is 5.91 Å². The highest BCUT2D eigenvalue weighted by Crippen LogP contribution is 2.34. The van der Waals surface area contributed by atoms with E-state index >= 15 is 0 Å². The average molecular weight is 391 g/mol. The van der Waals surface area contributed by atoms with Gasteiger partial charge in [-0.25, -0.2) is 10.0 Å². The number of carbonyl (C=O) groups excluding carboxylic acids is 3. The smallest absolute Gasteiger partial charge is 0.314 e. The lowest BCUT2D eigenvalue weighted by Crippen LogP contribution is -2.49. The number of nitrogens with one attached hydrogen (secondary N) is 1. The van der Waals surface area contributed by atoms with E-state index in [9.17, 15) is 14.4 Å². The number of hydrogen-bond acceptors (Lipinski definition) is 4. The second kappa shape index (κ2) is 7.79. The Balaban J connectivity index is 1.46. The monoisotopic (exact) mass is 391 g/mol. The minimum absolute atomic E-state index is 0.214. The maximum absolute atomic E-state index is 12.7. The van der Waals surface area contributed by atoms with Gasteiger partial charge in [0.1, 0.15) is 0 Å². The number of hydrazine groups is 1. The van der Waals surface area contributed by atoms with Crippen LogP contribution in [0.5, 0.6) is 0 Å². The highest BCUT2D eigenvalue weighted by atomic mass is 16.2. The number of ketones is 1. The first-order valence-corrected chi connectivity index (χ1v) is 10.0. The predicted molar refractivity (Wildman–Crippen MR) is 112 cm³/mol. The first kappa shape index (κ1) is 19.3. The van der Waals surface area contributed by atoms with Crippen LogP contribution in [0.15, 0.2) is 42.5 Å². The third-order valence-corrected chi connectivity index (χ3v) is 5.82. The number of Topliss-reactive ketones (excluding diaryl/α,β-unsaturated/α-hetero) is 1. The highest BCUT2D eigenvalue weighted by molar-refractivity contribution is 6.52. The van der Waals surface area contributed by atoms with E-state index in [1.54, 1.807) is 18.2 Å². The molecule has 0 aromatic heterocycles. The van der Waals surface area contributed by atoms with Crippen LogP contribution in [0, 0.1) is 12.8 Å². The molecule has 4 rings (SSSR count). The highest BCUT2D eigenvalue weighted by Gasteiger charge is 2.40. The van der Waals surface area contributed by atoms with Crippen molar-refractivity contribution in [1.29, 1.82) is 0 Å². The van der Waals surface area contributed by atoms with Crippen LogP contribution >= 0.6 is 0 Å². The molecule has 0 saturated carbocycles. The molecule has 6 nitrogen and oxygen atoms in total. The Labute approximate surface area is 170 Å². The summed E-state index contributed by atoms with van der Waals surface area (Å²) in [5.41, 5.74) is 4.18. The third-order valence-electron chi connectivity index (χ3n) is 5.82. The Morgan fingerprint density at radius 1 is 1.10 bits per heavy atom. The Kier molecular flexibility index (Phi) is 5.20. The molecule has 0 spiro atoms. The van der Waals surface area contributed by atoms with Crippen LogP contribution in [0.1, 0.15) is 41.3 Å². The van der Waals surface area contributed by atoms with Crippen molar-refractivity contribution in [3.05, 3.63) is 59.2 Å². The molecule has 1 N–H and O–H groups in total. The summed E-state index contributed by atoms with van der Waals surface area (Å²) in [7, 11) is 0. The van der Waals surface area contributed by atoms with Gasteiger partial charge in [0.15, 0.2) is 0 Å². The maximum atomic E-state index is 12.7. The molecule has 0 bridgehead atoms. The van der Waals surface area contributed by atoms with Crippen molar-refractivity contribution >= 4 is 29.0 Å². The van der Waals surface area contributed by atoms with Gasteiger partial charge < -0.3 is 5.32 Å². The minimum atomic E-state index is -0.519. The molecule has 2 aromatic carbocycles. The Morgan fingerprint density at radius 3 is 2.52 bits per heavy atom. The SMILES string of the molecule is CC(=O)Nc1ccc2c(c1)C(=O)C(=O)N2N1CCC(Cc2ccccc2C)CC1. The number of anilines is 2. The van der Waals surface area contributed by atoms with Crippen molar-refractivity contribution in [3.8, 4) is 0 Å². The number of benzene rings is 2. The van der Waals surface area contributed by atoms with E-state index < -0.39 is 11.7 Å². The van der Waals surface area contributed by atoms with Crippen LogP contribution in [0.2, 0.25) is 0 Å². The van der Waals surface area contributed by atoms with E-state index in [0.29, 0.717) is 22.9 Å². The number of piperidine rings is 1. The molecular weight excluding hydrogens is 366 g/mol. The van der Waals surface area contributed by atoms with E-state index in [0.717, 1.165) is 32.4 Å². The van der Waals surface area contributed by atoms with E-state index in [1.165, 1.54) is 23.1 Å². The largest absolute Gasteiger partial charge is 0.326 e. The molecule has 0 unspecified atom stereocenters. The molecule has 2 amide bonds. The van der Waals surface area contributed by atoms with Crippen LogP contribution in [-0.4, -0.2) is 35.7 Å². The van der Waals surface area contributed by atoms with Crippen LogP contribution in [-0.2, 0) is 16.0 Å². The lowest BCUT2D eigenvalue weighted by molar-refractivity contribution is -0.117. The minimum Gasteiger partial charge on any atom is -0.326 e. The van der Waals surface area contributed by atoms with Crippen LogP contribution in [0.4, 0.5) is 11.4 Å². The summed E-state index contributed by atoms with van der Waals surface area (Å²) in [5.74, 6) is -0.678. The molecule has 0 radical (unpaired) electrons. The van der Waals surface area contributed by atoms with Gasteiger partial charge in [-0.15, -0.1) is 0 Å². The van der Waals surface area contributed by atoms with E-state index in [-0.39, 0.29) is 5.91 Å². The van der Waals surface area contributed by atoms with Crippen LogP contribution in [0.3, 0.4) is 0 Å². The molecule has 0 aliphatic carbocycles. The van der Waals surface area contributed by atoms with Crippen molar-refractivity contribution in [2.75, 3.05) is 23.4 Å². The molecule has 29 heavy (non-hydrogen) atoms. The Morgan fingerprint density at radius 2 is 1.83 bits per heavy atom. The summed E-state index contributed by atoms with van der Waals surface area (Å²) >= 11 is 0. The topological polar surface area (TPSA) is 69.7 Å². The molecule has 1 saturated heterocycles. The van der Waals surface area contributed by atoms with Crippen LogP contribution in [0.25, 0.3) is 0 Å². The predicted octanol–water partition coefficient (Wildman–Crippen LogP) is 3.35. The molecule has 1 fully saturated rings. The molecule has 6 heteroatoms. The number of amides is 2. The quantitative estimate of drug-likeness (QED) is 0.812. The van der Waals surface area contributed by atoms with Gasteiger partial charge in [0.25, 0.3) is 5.78 Å². The molecule has 0 atom stereocenters. The normalized spacial score (nSPS) is 17.5. The molecule has 2 aliphatic heterocycles. The summed E-state index contributed by atoms with van der Waals surface area (Å²) in [4.78, 5) is 36.4. The molecular formula is C23H25N3O3. The standard InChI is InChI=1S/C23H25N3O3/c1-15-5-3-4-6-18(15)13-17-9-11-25(12-10-17)26-21-8-7-19(24-16(2)27)14-20(21)22(28)23(26)29/h3-8,14,17H,9-13H2,1-2H3,(H,24,27). The molecule has 2 heterocycles. The number of hydrogen-bond donors (Lipinski definition) is 1. The van der Waals surface area contributed by atoms with Gasteiger partial charge in [-0.05, 0) is 61.4 Å². The summed E-state index contributed by atoms with van der Waals surface area (Å²) in [5, 5.41) is 6.17. The van der Waals surface area contributed by atoms with Crippen molar-refractivity contribution in [2.45, 2.75) is 33.1 Å². The Hall–Kier alpha value is -2.99. The third kappa shape index (κ3) is 3.80. The van der Waals surface area contributed by atoms with Crippen LogP contribution < -0.4 is 10.3 Å². The van der Waals surface area contributed by atoms with E-state index in [2.05, 4.69) is 36.5 Å². The molecule has 150 valence electrons. The summed E-state index contributed by atoms with van der Waals surface area (Å²) in [6.45, 7) is 5.03. The fourth-order valence-corrected chi connectivity index (χ4v) is 4.26. The van der Waals surface area contributed by atoms with E-state index in [4.69, 9.17) is 0 Å². The average Bonchev–Trinajstić information content (AvgIpc) is 2.94. The second-order valence-corrected chi connectivity index (χ2v) is 7.89. The second-order valence-electron chi connectivity index (χ2n) is 7.89. The lowest BCUT2D eigenvalue weighted by Gasteiger charge is -2.37. The summed E-state index contributed by atoms with van der Waals surface area (Å²) in [6, 6.07) is 13.5. The summed E-state index contributed by atoms with van der Waals surface area (Å²) < 4.78 is 0. The fourth-order valence-electron chi connectivity index (χ4n) is 4.26. The number of aryl methyl sites for hydroxylation is 1. The van der Waals surface area contributed by atoms with Crippen molar-refractivity contribution < 1.29 is 14.4 Å². The van der Waals surface area contributed by atoms with Gasteiger partial charge in [0.05, 0.1) is 11.3 Å². The number of fused-ring (bicyclic) bond motifs is 1. The van der Waals surface area contributed by atoms with Gasteiger partial charge in [0.2, 0.25) is 5.91 Å². The number of rotatable bonds is 4. The van der Waals surface area contributed by atoms with E-state index in [1.807, 2.05) is 5.01 Å². The maximum Gasteiger partial charge on any atom is 0.314 e. The van der Waals surface area contributed by atoms with Gasteiger partial charge in [-0.1, -0.05) is 24.3 Å². The van der Waals surface area contributed by atoms with Gasteiger partial charge in [0, 0.05) is 25.7 Å². The first-order chi connectivity index (χ1) is 13.9. The zero-order valence-electron chi connectivity index (χ0n) is 16.8. The number of carbonyl (C=O) groups is 3. The zero-order chi connectivity index (χ0) is 20.5. The first-order valence-electron chi connectivity index (χ1n) is 10.0. The summed E-state index contributed by atoms with van der Waals surface area (Å²) in [6.07, 6.45) is 3.00. The number of nitrogens with zero attached hydrogens (tertiary/aromatic N) is 2. The lowest BCUT2D eigenvalue weighted by atomic mass is 9.89. The van der Waals surface area contributed by atoms with Gasteiger partial charge in [-0.2, -0.15) is 0 Å².